The standard InChI is InChI=1S/C19H20FNO3.ClH/c20-17-4-2-1-3-16(17)15-7-8-21-10-13(15)11-22-14-5-6-18-19(9-14)24-12-23-18;/h1-6,9,13,15,21H,7-8,10-12H2;1H/t13-,15+;/m0./s1. The van der Waals surface area contributed by atoms with E-state index >= 15 is 0 Å². The van der Waals surface area contributed by atoms with E-state index in [9.17, 15) is 4.39 Å². The third kappa shape index (κ3) is 3.83. The van der Waals surface area contributed by atoms with Crippen molar-refractivity contribution in [2.24, 2.45) is 5.92 Å². The molecule has 1 saturated heterocycles. The highest BCUT2D eigenvalue weighted by molar-refractivity contribution is 5.85. The van der Waals surface area contributed by atoms with Crippen molar-refractivity contribution in [3.8, 4) is 17.2 Å². The molecule has 4 rings (SSSR count). The van der Waals surface area contributed by atoms with Crippen LogP contribution < -0.4 is 19.5 Å². The second-order valence-corrected chi connectivity index (χ2v) is 6.21. The maximum atomic E-state index is 14.2. The molecule has 0 radical (unpaired) electrons. The van der Waals surface area contributed by atoms with Crippen LogP contribution in [0.25, 0.3) is 0 Å². The van der Waals surface area contributed by atoms with Crippen LogP contribution in [0.4, 0.5) is 4.39 Å². The summed E-state index contributed by atoms with van der Waals surface area (Å²) < 4.78 is 30.8. The minimum Gasteiger partial charge on any atom is -0.493 e. The van der Waals surface area contributed by atoms with Gasteiger partial charge in [-0.3, -0.25) is 0 Å². The summed E-state index contributed by atoms with van der Waals surface area (Å²) in [5, 5.41) is 3.38. The number of halogens is 2. The van der Waals surface area contributed by atoms with Crippen LogP contribution >= 0.6 is 12.4 Å². The Morgan fingerprint density at radius 2 is 1.96 bits per heavy atom. The molecule has 2 aromatic carbocycles. The van der Waals surface area contributed by atoms with Crippen LogP contribution in [0.5, 0.6) is 17.2 Å². The molecular weight excluding hydrogens is 345 g/mol. The van der Waals surface area contributed by atoms with Crippen molar-refractivity contribution < 1.29 is 18.6 Å². The lowest BCUT2D eigenvalue weighted by atomic mass is 9.81. The number of benzene rings is 2. The molecule has 0 unspecified atom stereocenters. The van der Waals surface area contributed by atoms with Crippen LogP contribution in [-0.4, -0.2) is 26.5 Å². The summed E-state index contributed by atoms with van der Waals surface area (Å²) in [7, 11) is 0. The third-order valence-corrected chi connectivity index (χ3v) is 4.72. The first-order valence-corrected chi connectivity index (χ1v) is 8.29. The molecule has 0 amide bonds. The minimum absolute atomic E-state index is 0. The molecule has 0 bridgehead atoms. The van der Waals surface area contributed by atoms with Crippen molar-refractivity contribution in [3.05, 3.63) is 53.8 Å². The molecule has 2 heterocycles. The number of ether oxygens (including phenoxy) is 3. The van der Waals surface area contributed by atoms with Gasteiger partial charge in [-0.05, 0) is 42.6 Å². The zero-order valence-electron chi connectivity index (χ0n) is 13.7. The molecule has 4 nitrogen and oxygen atoms in total. The van der Waals surface area contributed by atoms with Gasteiger partial charge in [0.05, 0.1) is 6.61 Å². The van der Waals surface area contributed by atoms with Gasteiger partial charge in [0.2, 0.25) is 6.79 Å². The first kappa shape index (κ1) is 17.8. The van der Waals surface area contributed by atoms with Gasteiger partial charge in [-0.1, -0.05) is 18.2 Å². The smallest absolute Gasteiger partial charge is 0.231 e. The van der Waals surface area contributed by atoms with Crippen LogP contribution in [-0.2, 0) is 0 Å². The van der Waals surface area contributed by atoms with E-state index in [1.54, 1.807) is 6.07 Å². The van der Waals surface area contributed by atoms with Crippen molar-refractivity contribution in [3.63, 3.8) is 0 Å². The number of hydrogen-bond acceptors (Lipinski definition) is 4. The molecule has 2 atom stereocenters. The lowest BCUT2D eigenvalue weighted by molar-refractivity contribution is 0.173. The van der Waals surface area contributed by atoms with Gasteiger partial charge in [0.1, 0.15) is 11.6 Å². The molecule has 1 N–H and O–H groups in total. The Balaban J connectivity index is 0.00000182. The summed E-state index contributed by atoms with van der Waals surface area (Å²) in [6, 6.07) is 12.6. The zero-order chi connectivity index (χ0) is 16.4. The van der Waals surface area contributed by atoms with E-state index in [-0.39, 0.29) is 36.9 Å². The number of rotatable bonds is 4. The highest BCUT2D eigenvalue weighted by atomic mass is 35.5. The van der Waals surface area contributed by atoms with Crippen LogP contribution in [0.3, 0.4) is 0 Å². The zero-order valence-corrected chi connectivity index (χ0v) is 14.6. The fourth-order valence-electron chi connectivity index (χ4n) is 3.45. The summed E-state index contributed by atoms with van der Waals surface area (Å²) in [6.07, 6.45) is 0.913. The highest BCUT2D eigenvalue weighted by Crippen LogP contribution is 2.36. The molecule has 0 aliphatic carbocycles. The maximum Gasteiger partial charge on any atom is 0.231 e. The quantitative estimate of drug-likeness (QED) is 0.895. The molecule has 0 aromatic heterocycles. The van der Waals surface area contributed by atoms with Crippen LogP contribution in [0.1, 0.15) is 17.9 Å². The van der Waals surface area contributed by atoms with E-state index < -0.39 is 0 Å². The highest BCUT2D eigenvalue weighted by Gasteiger charge is 2.29. The van der Waals surface area contributed by atoms with Crippen molar-refractivity contribution in [2.75, 3.05) is 26.5 Å². The number of nitrogens with one attached hydrogen (secondary N) is 1. The normalized spacial score (nSPS) is 21.5. The lowest BCUT2D eigenvalue weighted by Gasteiger charge is -2.32. The lowest BCUT2D eigenvalue weighted by Crippen LogP contribution is -2.38. The predicted octanol–water partition coefficient (Wildman–Crippen LogP) is 3.75. The molecular formula is C19H21ClFNO3. The Morgan fingerprint density at radius 3 is 2.84 bits per heavy atom. The van der Waals surface area contributed by atoms with E-state index in [0.29, 0.717) is 12.4 Å². The first-order chi connectivity index (χ1) is 11.8. The molecule has 2 aromatic rings. The molecule has 1 fully saturated rings. The Morgan fingerprint density at radius 1 is 1.12 bits per heavy atom. The number of fused-ring (bicyclic) bond motifs is 1. The SMILES string of the molecule is Cl.Fc1ccccc1[C@@H]1CCNC[C@H]1COc1ccc2c(c1)OCO2. The van der Waals surface area contributed by atoms with Gasteiger partial charge in [0.15, 0.2) is 11.5 Å². The molecule has 134 valence electrons. The summed E-state index contributed by atoms with van der Waals surface area (Å²) in [4.78, 5) is 0. The number of hydrogen-bond donors (Lipinski definition) is 1. The summed E-state index contributed by atoms with van der Waals surface area (Å²) in [6.45, 7) is 2.51. The first-order valence-electron chi connectivity index (χ1n) is 8.29. The molecule has 2 aliphatic rings. The van der Waals surface area contributed by atoms with Crippen LogP contribution in [0.15, 0.2) is 42.5 Å². The Bertz CT molecular complexity index is 728. The van der Waals surface area contributed by atoms with Crippen LogP contribution in [0, 0.1) is 11.7 Å². The van der Waals surface area contributed by atoms with Crippen molar-refractivity contribution in [1.82, 2.24) is 5.32 Å². The second-order valence-electron chi connectivity index (χ2n) is 6.21. The van der Waals surface area contributed by atoms with Crippen LogP contribution in [0.2, 0.25) is 0 Å². The van der Waals surface area contributed by atoms with Gasteiger partial charge in [-0.15, -0.1) is 12.4 Å². The van der Waals surface area contributed by atoms with E-state index in [4.69, 9.17) is 14.2 Å². The average molecular weight is 366 g/mol. The molecule has 25 heavy (non-hydrogen) atoms. The molecule has 6 heteroatoms. The third-order valence-electron chi connectivity index (χ3n) is 4.72. The van der Waals surface area contributed by atoms with E-state index in [0.717, 1.165) is 36.6 Å². The van der Waals surface area contributed by atoms with E-state index in [2.05, 4.69) is 5.32 Å². The fraction of sp³-hybridized carbons (Fsp3) is 0.368. The van der Waals surface area contributed by atoms with Crippen molar-refractivity contribution >= 4 is 12.4 Å². The van der Waals surface area contributed by atoms with Gasteiger partial charge in [0, 0.05) is 18.5 Å². The number of piperidine rings is 1. The Hall–Kier alpha value is -1.98. The molecule has 2 aliphatic heterocycles. The molecule has 0 saturated carbocycles. The Labute approximate surface area is 152 Å². The summed E-state index contributed by atoms with van der Waals surface area (Å²) >= 11 is 0. The van der Waals surface area contributed by atoms with Gasteiger partial charge in [-0.25, -0.2) is 4.39 Å². The van der Waals surface area contributed by atoms with Gasteiger partial charge in [0.25, 0.3) is 0 Å². The van der Waals surface area contributed by atoms with Gasteiger partial charge >= 0.3 is 0 Å². The minimum atomic E-state index is -0.127. The van der Waals surface area contributed by atoms with Gasteiger partial charge in [-0.2, -0.15) is 0 Å². The Kier molecular flexibility index (Phi) is 5.66. The second kappa shape index (κ2) is 7.93. The van der Waals surface area contributed by atoms with E-state index in [1.165, 1.54) is 6.07 Å². The molecule has 0 spiro atoms. The topological polar surface area (TPSA) is 39.7 Å². The largest absolute Gasteiger partial charge is 0.493 e. The fourth-order valence-corrected chi connectivity index (χ4v) is 3.45. The van der Waals surface area contributed by atoms with E-state index in [1.807, 2.05) is 30.3 Å². The van der Waals surface area contributed by atoms with Crippen molar-refractivity contribution in [2.45, 2.75) is 12.3 Å². The van der Waals surface area contributed by atoms with Gasteiger partial charge < -0.3 is 19.5 Å². The predicted molar refractivity (Wildman–Crippen MR) is 95.4 cm³/mol. The van der Waals surface area contributed by atoms with Crippen molar-refractivity contribution in [1.29, 1.82) is 0 Å². The summed E-state index contributed by atoms with van der Waals surface area (Å²) in [5.41, 5.74) is 0.790. The maximum absolute atomic E-state index is 14.2. The average Bonchev–Trinajstić information content (AvgIpc) is 3.08. The monoisotopic (exact) mass is 365 g/mol. The summed E-state index contributed by atoms with van der Waals surface area (Å²) in [5.74, 6) is 2.46.